The van der Waals surface area contributed by atoms with Crippen LogP contribution in [0.3, 0.4) is 0 Å². The van der Waals surface area contributed by atoms with Gasteiger partial charge >= 0.3 is 0 Å². The number of hydrogen-bond donors (Lipinski definition) is 0. The topological polar surface area (TPSA) is 31.4 Å². The molecule has 1 aromatic heterocycles. The number of hydrogen-bond acceptors (Lipinski definition) is 4. The van der Waals surface area contributed by atoms with Gasteiger partial charge in [-0.05, 0) is 17.7 Å². The third-order valence-corrected chi connectivity index (χ3v) is 3.64. The van der Waals surface area contributed by atoms with Gasteiger partial charge in [0.05, 0.1) is 17.5 Å². The predicted octanol–water partition coefficient (Wildman–Crippen LogP) is 3.63. The average Bonchev–Trinajstić information content (AvgIpc) is 2.89. The second-order valence-corrected chi connectivity index (χ2v) is 4.91. The van der Waals surface area contributed by atoms with Crippen molar-refractivity contribution in [1.82, 2.24) is 4.98 Å². The molecule has 0 spiro atoms. The summed E-state index contributed by atoms with van der Waals surface area (Å²) in [6, 6.07) is 5.90. The molecule has 5 heteroatoms. The average molecular weight is 314 g/mol. The Hall–Kier alpha value is -1.07. The lowest BCUT2D eigenvalue weighted by Crippen LogP contribution is -1.96. The van der Waals surface area contributed by atoms with Crippen LogP contribution in [0, 0.1) is 0 Å². The first-order valence-electron chi connectivity index (χ1n) is 5.06. The molecule has 3 nitrogen and oxygen atoms in total. The number of aromatic nitrogens is 1. The Morgan fingerprint density at radius 2 is 2.24 bits per heavy atom. The molecule has 0 unspecified atom stereocenters. The molecule has 0 bridgehead atoms. The van der Waals surface area contributed by atoms with E-state index in [0.29, 0.717) is 6.61 Å². The molecule has 2 aromatic rings. The maximum atomic E-state index is 5.74. The zero-order valence-electron chi connectivity index (χ0n) is 9.35. The highest BCUT2D eigenvalue weighted by Crippen LogP contribution is 2.29. The summed E-state index contributed by atoms with van der Waals surface area (Å²) in [5.74, 6) is 1.51. The summed E-state index contributed by atoms with van der Waals surface area (Å²) in [6.45, 7) is 0.521. The van der Waals surface area contributed by atoms with Crippen LogP contribution < -0.4 is 9.47 Å². The van der Waals surface area contributed by atoms with Crippen LogP contribution in [-0.4, -0.2) is 12.1 Å². The Kier molecular flexibility index (Phi) is 4.39. The zero-order chi connectivity index (χ0) is 12.1. The Labute approximate surface area is 113 Å². The van der Waals surface area contributed by atoms with Gasteiger partial charge in [0.25, 0.3) is 0 Å². The van der Waals surface area contributed by atoms with Crippen molar-refractivity contribution < 1.29 is 9.47 Å². The molecule has 0 N–H and O–H groups in total. The van der Waals surface area contributed by atoms with Crippen molar-refractivity contribution in [3.05, 3.63) is 40.3 Å². The van der Waals surface area contributed by atoms with E-state index in [2.05, 4.69) is 20.9 Å². The van der Waals surface area contributed by atoms with Crippen molar-refractivity contribution in [1.29, 1.82) is 0 Å². The lowest BCUT2D eigenvalue weighted by Gasteiger charge is -2.10. The van der Waals surface area contributed by atoms with Gasteiger partial charge in [0.15, 0.2) is 11.5 Å². The molecule has 17 heavy (non-hydrogen) atoms. The van der Waals surface area contributed by atoms with Gasteiger partial charge in [-0.15, -0.1) is 11.3 Å². The molecular formula is C12H12BrNO2S. The number of rotatable bonds is 5. The minimum atomic E-state index is 0.521. The van der Waals surface area contributed by atoms with E-state index in [0.717, 1.165) is 27.3 Å². The van der Waals surface area contributed by atoms with Crippen molar-refractivity contribution in [2.45, 2.75) is 11.9 Å². The summed E-state index contributed by atoms with van der Waals surface area (Å²) < 4.78 is 11.0. The molecule has 0 amide bonds. The third-order valence-electron chi connectivity index (χ3n) is 2.24. The van der Waals surface area contributed by atoms with Crippen LogP contribution in [0.2, 0.25) is 0 Å². The molecule has 0 aliphatic heterocycles. The van der Waals surface area contributed by atoms with Gasteiger partial charge in [0.2, 0.25) is 0 Å². The van der Waals surface area contributed by atoms with Crippen LogP contribution >= 0.6 is 27.3 Å². The first-order valence-corrected chi connectivity index (χ1v) is 7.06. The van der Waals surface area contributed by atoms with Gasteiger partial charge in [-0.25, -0.2) is 0 Å². The summed E-state index contributed by atoms with van der Waals surface area (Å²) in [5.41, 5.74) is 2.95. The van der Waals surface area contributed by atoms with E-state index in [-0.39, 0.29) is 0 Å². The second-order valence-electron chi connectivity index (χ2n) is 3.38. The van der Waals surface area contributed by atoms with Crippen LogP contribution in [0.15, 0.2) is 29.9 Å². The zero-order valence-corrected chi connectivity index (χ0v) is 11.8. The molecule has 1 aromatic carbocycles. The van der Waals surface area contributed by atoms with Crippen LogP contribution in [0.25, 0.3) is 0 Å². The van der Waals surface area contributed by atoms with E-state index in [1.807, 2.05) is 24.4 Å². The number of benzene rings is 1. The number of halogens is 1. The van der Waals surface area contributed by atoms with Gasteiger partial charge in [0.1, 0.15) is 6.61 Å². The summed E-state index contributed by atoms with van der Waals surface area (Å²) in [5, 5.41) is 0.800. The maximum Gasteiger partial charge on any atom is 0.162 e. The molecule has 0 saturated carbocycles. The number of nitrogens with zero attached hydrogens (tertiary/aromatic N) is 1. The van der Waals surface area contributed by atoms with Gasteiger partial charge in [0, 0.05) is 11.5 Å². The van der Waals surface area contributed by atoms with E-state index < -0.39 is 0 Å². The Morgan fingerprint density at radius 1 is 1.35 bits per heavy atom. The molecule has 0 fully saturated rings. The Balaban J connectivity index is 2.12. The SMILES string of the molecule is COc1ccc(CBr)cc1OCc1cncs1. The lowest BCUT2D eigenvalue weighted by atomic mass is 10.2. The van der Waals surface area contributed by atoms with Crippen molar-refractivity contribution >= 4 is 27.3 Å². The molecule has 0 radical (unpaired) electrons. The smallest absolute Gasteiger partial charge is 0.162 e. The van der Waals surface area contributed by atoms with Crippen molar-refractivity contribution in [2.75, 3.05) is 7.11 Å². The normalized spacial score (nSPS) is 10.2. The highest BCUT2D eigenvalue weighted by Gasteiger charge is 2.06. The Morgan fingerprint density at radius 3 is 2.88 bits per heavy atom. The molecule has 1 heterocycles. The minimum absolute atomic E-state index is 0.521. The quantitative estimate of drug-likeness (QED) is 0.790. The van der Waals surface area contributed by atoms with Gasteiger partial charge in [-0.1, -0.05) is 22.0 Å². The van der Waals surface area contributed by atoms with E-state index in [9.17, 15) is 0 Å². The Bertz CT molecular complexity index is 473. The first-order chi connectivity index (χ1) is 8.33. The second kappa shape index (κ2) is 6.02. The third kappa shape index (κ3) is 3.20. The fraction of sp³-hybridized carbons (Fsp3) is 0.250. The largest absolute Gasteiger partial charge is 0.493 e. The standard InChI is InChI=1S/C12H12BrNO2S/c1-15-11-3-2-9(5-13)4-12(11)16-7-10-6-14-8-17-10/h2-4,6,8H,5,7H2,1H3. The fourth-order valence-electron chi connectivity index (χ4n) is 1.38. The van der Waals surface area contributed by atoms with E-state index in [4.69, 9.17) is 9.47 Å². The van der Waals surface area contributed by atoms with Crippen LogP contribution in [0.1, 0.15) is 10.4 Å². The van der Waals surface area contributed by atoms with Gasteiger partial charge < -0.3 is 9.47 Å². The van der Waals surface area contributed by atoms with E-state index >= 15 is 0 Å². The fourth-order valence-corrected chi connectivity index (χ4v) is 2.23. The van der Waals surface area contributed by atoms with Crippen molar-refractivity contribution in [2.24, 2.45) is 0 Å². The molecule has 0 aliphatic rings. The van der Waals surface area contributed by atoms with Crippen molar-refractivity contribution in [3.8, 4) is 11.5 Å². The van der Waals surface area contributed by atoms with Crippen LogP contribution in [0.5, 0.6) is 11.5 Å². The summed E-state index contributed by atoms with van der Waals surface area (Å²) in [7, 11) is 1.64. The summed E-state index contributed by atoms with van der Waals surface area (Å²) >= 11 is 5.00. The first kappa shape index (κ1) is 12.4. The molecular weight excluding hydrogens is 302 g/mol. The monoisotopic (exact) mass is 313 g/mol. The highest BCUT2D eigenvalue weighted by molar-refractivity contribution is 9.08. The number of thiazole rings is 1. The number of methoxy groups -OCH3 is 1. The maximum absolute atomic E-state index is 5.74. The highest BCUT2D eigenvalue weighted by atomic mass is 79.9. The van der Waals surface area contributed by atoms with E-state index in [1.165, 1.54) is 0 Å². The summed E-state index contributed by atoms with van der Waals surface area (Å²) in [4.78, 5) is 5.10. The number of ether oxygens (including phenoxy) is 2. The van der Waals surface area contributed by atoms with E-state index in [1.54, 1.807) is 24.0 Å². The summed E-state index contributed by atoms with van der Waals surface area (Å²) in [6.07, 6.45) is 1.81. The predicted molar refractivity (Wildman–Crippen MR) is 72.1 cm³/mol. The molecule has 0 aliphatic carbocycles. The van der Waals surface area contributed by atoms with Crippen LogP contribution in [-0.2, 0) is 11.9 Å². The molecule has 0 saturated heterocycles. The lowest BCUT2D eigenvalue weighted by molar-refractivity contribution is 0.287. The minimum Gasteiger partial charge on any atom is -0.493 e. The van der Waals surface area contributed by atoms with Gasteiger partial charge in [-0.2, -0.15) is 0 Å². The number of alkyl halides is 1. The van der Waals surface area contributed by atoms with Crippen LogP contribution in [0.4, 0.5) is 0 Å². The molecule has 2 rings (SSSR count). The van der Waals surface area contributed by atoms with Crippen molar-refractivity contribution in [3.63, 3.8) is 0 Å². The molecule has 90 valence electrons. The molecule has 0 atom stereocenters. The van der Waals surface area contributed by atoms with Gasteiger partial charge in [-0.3, -0.25) is 4.98 Å².